The minimum Gasteiger partial charge on any atom is -0.493 e. The molecule has 0 N–H and O–H groups in total. The molecular formula is C18H26Br2O. The van der Waals surface area contributed by atoms with Crippen LogP contribution in [0.1, 0.15) is 74.2 Å². The van der Waals surface area contributed by atoms with Gasteiger partial charge in [-0.2, -0.15) is 0 Å². The van der Waals surface area contributed by atoms with Crippen LogP contribution >= 0.6 is 31.9 Å². The SMILES string of the molecule is CCCCCCCCCC(Br)c1cc(Br)cc2c1OCC2. The third kappa shape index (κ3) is 5.28. The lowest BCUT2D eigenvalue weighted by molar-refractivity contribution is 0.353. The Morgan fingerprint density at radius 2 is 1.81 bits per heavy atom. The van der Waals surface area contributed by atoms with Crippen LogP contribution in [0.5, 0.6) is 5.75 Å². The Labute approximate surface area is 146 Å². The second-order valence-corrected chi connectivity index (χ2v) is 7.98. The summed E-state index contributed by atoms with van der Waals surface area (Å²) in [6, 6.07) is 4.41. The van der Waals surface area contributed by atoms with Gasteiger partial charge in [0.15, 0.2) is 0 Å². The molecule has 2 rings (SSSR count). The number of alkyl halides is 1. The van der Waals surface area contributed by atoms with Crippen molar-refractivity contribution in [3.63, 3.8) is 0 Å². The van der Waals surface area contributed by atoms with Crippen molar-refractivity contribution in [1.29, 1.82) is 0 Å². The molecule has 21 heavy (non-hydrogen) atoms. The van der Waals surface area contributed by atoms with E-state index in [0.29, 0.717) is 4.83 Å². The van der Waals surface area contributed by atoms with Gasteiger partial charge in [-0.1, -0.05) is 83.7 Å². The van der Waals surface area contributed by atoms with Gasteiger partial charge in [0.05, 0.1) is 6.61 Å². The highest BCUT2D eigenvalue weighted by Gasteiger charge is 2.21. The average molecular weight is 418 g/mol. The number of fused-ring (bicyclic) bond motifs is 1. The maximum Gasteiger partial charge on any atom is 0.127 e. The van der Waals surface area contributed by atoms with Crippen molar-refractivity contribution in [3.05, 3.63) is 27.7 Å². The second-order valence-electron chi connectivity index (χ2n) is 5.96. The molecule has 0 aromatic heterocycles. The van der Waals surface area contributed by atoms with Crippen LogP contribution in [0, 0.1) is 0 Å². The summed E-state index contributed by atoms with van der Waals surface area (Å²) < 4.78 is 7.00. The second kappa shape index (κ2) is 9.19. The number of rotatable bonds is 9. The summed E-state index contributed by atoms with van der Waals surface area (Å²) in [7, 11) is 0. The molecule has 1 heterocycles. The van der Waals surface area contributed by atoms with Gasteiger partial charge in [0.25, 0.3) is 0 Å². The summed E-state index contributed by atoms with van der Waals surface area (Å²) in [4.78, 5) is 0.414. The number of hydrogen-bond acceptors (Lipinski definition) is 1. The maximum absolute atomic E-state index is 5.83. The predicted molar refractivity (Wildman–Crippen MR) is 97.6 cm³/mol. The lowest BCUT2D eigenvalue weighted by atomic mass is 10.0. The quantitative estimate of drug-likeness (QED) is 0.311. The minimum absolute atomic E-state index is 0.414. The first-order chi connectivity index (χ1) is 10.2. The highest BCUT2D eigenvalue weighted by molar-refractivity contribution is 9.10. The molecule has 0 spiro atoms. The zero-order chi connectivity index (χ0) is 15.1. The van der Waals surface area contributed by atoms with Crippen LogP contribution in [-0.4, -0.2) is 6.61 Å². The Morgan fingerprint density at radius 3 is 2.57 bits per heavy atom. The summed E-state index contributed by atoms with van der Waals surface area (Å²) >= 11 is 7.49. The molecule has 0 bridgehead atoms. The molecular weight excluding hydrogens is 392 g/mol. The molecule has 0 saturated carbocycles. The van der Waals surface area contributed by atoms with Gasteiger partial charge in [0.2, 0.25) is 0 Å². The number of hydrogen-bond donors (Lipinski definition) is 0. The van der Waals surface area contributed by atoms with E-state index in [0.717, 1.165) is 18.8 Å². The van der Waals surface area contributed by atoms with Gasteiger partial charge in [-0.25, -0.2) is 0 Å². The fourth-order valence-electron chi connectivity index (χ4n) is 2.97. The van der Waals surface area contributed by atoms with Gasteiger partial charge in [0, 0.05) is 21.3 Å². The normalized spacial score (nSPS) is 14.8. The van der Waals surface area contributed by atoms with Crippen LogP contribution in [0.4, 0.5) is 0 Å². The molecule has 1 atom stereocenters. The van der Waals surface area contributed by atoms with Crippen LogP contribution < -0.4 is 4.74 Å². The van der Waals surface area contributed by atoms with E-state index in [1.54, 1.807) is 0 Å². The molecule has 1 nitrogen and oxygen atoms in total. The Hall–Kier alpha value is -0.0200. The standard InChI is InChI=1S/C18H26Br2O/c1-2-3-4-5-6-7-8-9-17(20)16-13-15(19)12-14-10-11-21-18(14)16/h12-13,17H,2-11H2,1H3. The van der Waals surface area contributed by atoms with Crippen molar-refractivity contribution in [3.8, 4) is 5.75 Å². The first-order valence-electron chi connectivity index (χ1n) is 8.31. The summed E-state index contributed by atoms with van der Waals surface area (Å²) in [5.74, 6) is 1.13. The van der Waals surface area contributed by atoms with Crippen LogP contribution in [0.15, 0.2) is 16.6 Å². The fraction of sp³-hybridized carbons (Fsp3) is 0.667. The van der Waals surface area contributed by atoms with Crippen molar-refractivity contribution < 1.29 is 4.74 Å². The first-order valence-corrected chi connectivity index (χ1v) is 10.0. The molecule has 0 amide bonds. The number of ether oxygens (including phenoxy) is 1. The van der Waals surface area contributed by atoms with E-state index >= 15 is 0 Å². The monoisotopic (exact) mass is 416 g/mol. The largest absolute Gasteiger partial charge is 0.493 e. The number of unbranched alkanes of at least 4 members (excludes halogenated alkanes) is 6. The first kappa shape index (κ1) is 17.3. The third-order valence-corrected chi connectivity index (χ3v) is 5.58. The molecule has 118 valence electrons. The minimum atomic E-state index is 0.414. The molecule has 1 aromatic rings. The van der Waals surface area contributed by atoms with Crippen LogP contribution in [0.2, 0.25) is 0 Å². The number of halogens is 2. The highest BCUT2D eigenvalue weighted by Crippen LogP contribution is 2.41. The van der Waals surface area contributed by atoms with Gasteiger partial charge >= 0.3 is 0 Å². The van der Waals surface area contributed by atoms with E-state index < -0.39 is 0 Å². The summed E-state index contributed by atoms with van der Waals surface area (Å²) in [5, 5.41) is 0. The summed E-state index contributed by atoms with van der Waals surface area (Å²) in [6.45, 7) is 3.10. The van der Waals surface area contributed by atoms with E-state index in [-0.39, 0.29) is 0 Å². The molecule has 0 saturated heterocycles. The fourth-order valence-corrected chi connectivity index (χ4v) is 4.15. The highest BCUT2D eigenvalue weighted by atomic mass is 79.9. The molecule has 3 heteroatoms. The van der Waals surface area contributed by atoms with Crippen molar-refractivity contribution in [1.82, 2.24) is 0 Å². The van der Waals surface area contributed by atoms with Gasteiger partial charge < -0.3 is 4.74 Å². The van der Waals surface area contributed by atoms with Gasteiger partial charge in [-0.15, -0.1) is 0 Å². The lowest BCUT2D eigenvalue weighted by Crippen LogP contribution is -1.96. The molecule has 1 aliphatic heterocycles. The Balaban J connectivity index is 1.77. The van der Waals surface area contributed by atoms with E-state index in [1.807, 2.05) is 0 Å². The van der Waals surface area contributed by atoms with Crippen molar-refractivity contribution in [2.24, 2.45) is 0 Å². The van der Waals surface area contributed by atoms with E-state index in [9.17, 15) is 0 Å². The maximum atomic E-state index is 5.83. The van der Waals surface area contributed by atoms with Crippen LogP contribution in [0.25, 0.3) is 0 Å². The van der Waals surface area contributed by atoms with Crippen molar-refractivity contribution >= 4 is 31.9 Å². The Bertz CT molecular complexity index is 445. The van der Waals surface area contributed by atoms with E-state index in [1.165, 1.54) is 67.0 Å². The molecule has 0 fully saturated rings. The molecule has 0 radical (unpaired) electrons. The third-order valence-electron chi connectivity index (χ3n) is 4.18. The molecule has 0 aliphatic carbocycles. The zero-order valence-corrected chi connectivity index (χ0v) is 16.1. The molecule has 1 aliphatic rings. The van der Waals surface area contributed by atoms with Gasteiger partial charge in [-0.05, 0) is 24.1 Å². The summed E-state index contributed by atoms with van der Waals surface area (Å²) in [6.07, 6.45) is 11.8. The van der Waals surface area contributed by atoms with Crippen molar-refractivity contribution in [2.45, 2.75) is 69.5 Å². The van der Waals surface area contributed by atoms with Crippen molar-refractivity contribution in [2.75, 3.05) is 6.61 Å². The van der Waals surface area contributed by atoms with Gasteiger partial charge in [-0.3, -0.25) is 0 Å². The lowest BCUT2D eigenvalue weighted by Gasteiger charge is -2.15. The van der Waals surface area contributed by atoms with Crippen LogP contribution in [0.3, 0.4) is 0 Å². The zero-order valence-electron chi connectivity index (χ0n) is 13.0. The van der Waals surface area contributed by atoms with E-state index in [4.69, 9.17) is 4.74 Å². The van der Waals surface area contributed by atoms with E-state index in [2.05, 4.69) is 50.9 Å². The Kier molecular flexibility index (Phi) is 7.59. The molecule has 1 unspecified atom stereocenters. The summed E-state index contributed by atoms with van der Waals surface area (Å²) in [5.41, 5.74) is 2.67. The van der Waals surface area contributed by atoms with Gasteiger partial charge in [0.1, 0.15) is 5.75 Å². The average Bonchev–Trinajstić information content (AvgIpc) is 2.93. The predicted octanol–water partition coefficient (Wildman–Crippen LogP) is 6.96. The van der Waals surface area contributed by atoms with Crippen LogP contribution in [-0.2, 0) is 6.42 Å². The topological polar surface area (TPSA) is 9.23 Å². The molecule has 1 aromatic carbocycles. The number of benzene rings is 1. The Morgan fingerprint density at radius 1 is 1.10 bits per heavy atom. The smallest absolute Gasteiger partial charge is 0.127 e.